The molecule has 0 fully saturated rings. The molecule has 0 aliphatic heterocycles. The molecule has 0 aromatic heterocycles. The highest BCUT2D eigenvalue weighted by Crippen LogP contribution is 2.39. The summed E-state index contributed by atoms with van der Waals surface area (Å²) in [4.78, 5) is 0. The van der Waals surface area contributed by atoms with Crippen LogP contribution in [0, 0.1) is 11.8 Å². The van der Waals surface area contributed by atoms with Gasteiger partial charge in [-0.05, 0) is 23.8 Å². The van der Waals surface area contributed by atoms with E-state index < -0.39 is 8.80 Å². The second-order valence-electron chi connectivity index (χ2n) is 9.44. The number of ether oxygens (including phenoxy) is 1. The molecule has 26 heavy (non-hydrogen) atoms. The molecule has 2 heteroatoms. The van der Waals surface area contributed by atoms with Crippen LogP contribution in [-0.4, -0.2) is 22.0 Å². The molecule has 0 saturated carbocycles. The van der Waals surface area contributed by atoms with Gasteiger partial charge in [0.1, 0.15) is 0 Å². The average molecular weight is 383 g/mol. The molecule has 0 rings (SSSR count). The van der Waals surface area contributed by atoms with E-state index in [2.05, 4.69) is 55.0 Å². The molecular formula is C24H50OSi. The van der Waals surface area contributed by atoms with Gasteiger partial charge in [-0.15, -0.1) is 0 Å². The zero-order valence-electron chi connectivity index (χ0n) is 19.3. The van der Waals surface area contributed by atoms with Crippen LogP contribution in [0.4, 0.5) is 0 Å². The maximum Gasteiger partial charge on any atom is 0.0671 e. The monoisotopic (exact) mass is 382 g/mol. The molecule has 0 aromatic carbocycles. The van der Waals surface area contributed by atoms with Gasteiger partial charge in [0.05, 0.1) is 6.61 Å². The lowest BCUT2D eigenvalue weighted by atomic mass is 10.0. The maximum atomic E-state index is 6.07. The minimum Gasteiger partial charge on any atom is -0.377 e. The minimum atomic E-state index is -0.897. The Morgan fingerprint density at radius 1 is 0.923 bits per heavy atom. The van der Waals surface area contributed by atoms with Gasteiger partial charge in [0.25, 0.3) is 0 Å². The van der Waals surface area contributed by atoms with Crippen LogP contribution in [0.25, 0.3) is 0 Å². The smallest absolute Gasteiger partial charge is 0.0671 e. The van der Waals surface area contributed by atoms with E-state index >= 15 is 0 Å². The normalized spacial score (nSPS) is 15.7. The molecule has 0 bridgehead atoms. The average Bonchev–Trinajstić information content (AvgIpc) is 2.59. The molecule has 0 amide bonds. The van der Waals surface area contributed by atoms with E-state index in [1.165, 1.54) is 63.5 Å². The van der Waals surface area contributed by atoms with Crippen molar-refractivity contribution in [1.29, 1.82) is 0 Å². The molecule has 0 saturated heterocycles. The second kappa shape index (κ2) is 14.9. The van der Waals surface area contributed by atoms with E-state index in [4.69, 9.17) is 4.74 Å². The Balaban J connectivity index is 5.05. The summed E-state index contributed by atoms with van der Waals surface area (Å²) in [5.41, 5.74) is 1.14. The molecule has 0 radical (unpaired) electrons. The summed E-state index contributed by atoms with van der Waals surface area (Å²) < 4.78 is 6.07. The van der Waals surface area contributed by atoms with Gasteiger partial charge in [-0.3, -0.25) is 0 Å². The van der Waals surface area contributed by atoms with Gasteiger partial charge in [0.2, 0.25) is 0 Å². The van der Waals surface area contributed by atoms with Gasteiger partial charge in [-0.25, -0.2) is 0 Å². The summed E-state index contributed by atoms with van der Waals surface area (Å²) >= 11 is 0. The Kier molecular flexibility index (Phi) is 14.9. The SMILES string of the molecule is C=C(C)COCC(C)(C)[SiH](CC(CC)CCCC)CC(CC)CCCC. The van der Waals surface area contributed by atoms with Gasteiger partial charge in [0, 0.05) is 15.4 Å². The quantitative estimate of drug-likeness (QED) is 0.183. The van der Waals surface area contributed by atoms with Crippen LogP contribution < -0.4 is 0 Å². The zero-order valence-corrected chi connectivity index (χ0v) is 20.5. The van der Waals surface area contributed by atoms with Crippen molar-refractivity contribution in [2.45, 2.75) is 117 Å². The lowest BCUT2D eigenvalue weighted by Gasteiger charge is -2.37. The van der Waals surface area contributed by atoms with Gasteiger partial charge in [-0.2, -0.15) is 0 Å². The lowest BCUT2D eigenvalue weighted by molar-refractivity contribution is 0.132. The molecular weight excluding hydrogens is 332 g/mol. The second-order valence-corrected chi connectivity index (χ2v) is 13.3. The Bertz CT molecular complexity index is 332. The molecule has 2 atom stereocenters. The molecule has 0 spiro atoms. The van der Waals surface area contributed by atoms with Crippen LogP contribution >= 0.6 is 0 Å². The summed E-state index contributed by atoms with van der Waals surface area (Å²) in [6.07, 6.45) is 11.1. The van der Waals surface area contributed by atoms with Crippen LogP contribution in [0.2, 0.25) is 17.1 Å². The molecule has 0 aliphatic rings. The third-order valence-corrected chi connectivity index (χ3v) is 11.1. The van der Waals surface area contributed by atoms with Gasteiger partial charge in [-0.1, -0.05) is 117 Å². The topological polar surface area (TPSA) is 9.23 Å². The van der Waals surface area contributed by atoms with E-state index in [-0.39, 0.29) is 0 Å². The Morgan fingerprint density at radius 2 is 1.38 bits per heavy atom. The summed E-state index contributed by atoms with van der Waals surface area (Å²) in [6.45, 7) is 22.2. The van der Waals surface area contributed by atoms with Crippen molar-refractivity contribution in [3.05, 3.63) is 12.2 Å². The number of unbranched alkanes of at least 4 members (excludes halogenated alkanes) is 2. The first-order valence-corrected chi connectivity index (χ1v) is 13.7. The molecule has 1 nitrogen and oxygen atoms in total. The largest absolute Gasteiger partial charge is 0.377 e. The van der Waals surface area contributed by atoms with Gasteiger partial charge >= 0.3 is 0 Å². The van der Waals surface area contributed by atoms with Gasteiger partial charge < -0.3 is 4.74 Å². The van der Waals surface area contributed by atoms with E-state index in [1.807, 2.05) is 0 Å². The fourth-order valence-corrected chi connectivity index (χ4v) is 8.68. The van der Waals surface area contributed by atoms with Crippen LogP contribution in [0.3, 0.4) is 0 Å². The van der Waals surface area contributed by atoms with Crippen LogP contribution in [0.5, 0.6) is 0 Å². The highest BCUT2D eigenvalue weighted by molar-refractivity contribution is 6.62. The zero-order chi connectivity index (χ0) is 20.0. The fourth-order valence-electron chi connectivity index (χ4n) is 4.11. The molecule has 0 aliphatic carbocycles. The Labute approximate surface area is 168 Å². The molecule has 0 heterocycles. The number of hydrogen-bond acceptors (Lipinski definition) is 1. The van der Waals surface area contributed by atoms with Crippen molar-refractivity contribution in [2.24, 2.45) is 11.8 Å². The van der Waals surface area contributed by atoms with Crippen molar-refractivity contribution in [1.82, 2.24) is 0 Å². The van der Waals surface area contributed by atoms with Crippen molar-refractivity contribution in [3.63, 3.8) is 0 Å². The summed E-state index contributed by atoms with van der Waals surface area (Å²) in [7, 11) is -0.897. The maximum absolute atomic E-state index is 6.07. The first kappa shape index (κ1) is 25.9. The minimum absolute atomic E-state index is 0.384. The van der Waals surface area contributed by atoms with Crippen LogP contribution in [0.1, 0.15) is 99.8 Å². The third-order valence-electron chi connectivity index (χ3n) is 6.25. The first-order chi connectivity index (χ1) is 12.3. The third kappa shape index (κ3) is 11.6. The number of rotatable bonds is 17. The van der Waals surface area contributed by atoms with E-state index in [0.717, 1.165) is 30.6 Å². The highest BCUT2D eigenvalue weighted by Gasteiger charge is 2.34. The summed E-state index contributed by atoms with van der Waals surface area (Å²) in [5.74, 6) is 1.88. The van der Waals surface area contributed by atoms with Gasteiger partial charge in [0.15, 0.2) is 0 Å². The molecule has 0 aromatic rings. The van der Waals surface area contributed by atoms with Crippen molar-refractivity contribution in [2.75, 3.05) is 13.2 Å². The standard InChI is InChI=1S/C24H50OSi/c1-9-13-15-22(11-3)18-26(19-23(12-4)16-14-10-2)24(7,8)20-25-17-21(5)6/h22-23,26H,5,9-20H2,1-4,6-8H3. The summed E-state index contributed by atoms with van der Waals surface area (Å²) in [5, 5.41) is 0.384. The van der Waals surface area contributed by atoms with Crippen molar-refractivity contribution >= 4 is 8.80 Å². The first-order valence-electron chi connectivity index (χ1n) is 11.5. The highest BCUT2D eigenvalue weighted by atomic mass is 28.3. The van der Waals surface area contributed by atoms with Crippen molar-refractivity contribution < 1.29 is 4.74 Å². The molecule has 0 N–H and O–H groups in total. The van der Waals surface area contributed by atoms with Crippen molar-refractivity contribution in [3.8, 4) is 0 Å². The predicted octanol–water partition coefficient (Wildman–Crippen LogP) is 8.02. The predicted molar refractivity (Wildman–Crippen MR) is 123 cm³/mol. The van der Waals surface area contributed by atoms with E-state index in [0.29, 0.717) is 5.04 Å². The summed E-state index contributed by atoms with van der Waals surface area (Å²) in [6, 6.07) is 3.03. The van der Waals surface area contributed by atoms with Crippen LogP contribution in [0.15, 0.2) is 12.2 Å². The lowest BCUT2D eigenvalue weighted by Crippen LogP contribution is -2.35. The number of hydrogen-bond donors (Lipinski definition) is 0. The van der Waals surface area contributed by atoms with E-state index in [9.17, 15) is 0 Å². The van der Waals surface area contributed by atoms with E-state index in [1.54, 1.807) is 0 Å². The Hall–Kier alpha value is -0.0831. The Morgan fingerprint density at radius 3 is 1.73 bits per heavy atom. The van der Waals surface area contributed by atoms with Crippen LogP contribution in [-0.2, 0) is 4.74 Å². The molecule has 156 valence electrons. The molecule has 2 unspecified atom stereocenters. The fraction of sp³-hybridized carbons (Fsp3) is 0.917.